The molecule has 0 saturated heterocycles. The maximum absolute atomic E-state index is 3.62. The lowest BCUT2D eigenvalue weighted by atomic mass is 10.1. The fourth-order valence-electron chi connectivity index (χ4n) is 3.01. The second-order valence-corrected chi connectivity index (χ2v) is 5.11. The van der Waals surface area contributed by atoms with Gasteiger partial charge in [-0.15, -0.1) is 0 Å². The van der Waals surface area contributed by atoms with Crippen LogP contribution in [0.1, 0.15) is 11.1 Å². The topological polar surface area (TPSA) is 15.3 Å². The molecule has 1 N–H and O–H groups in total. The SMILES string of the molecule is C1=CC(N2CCc3ccccc32)Nc2ccccc21. The van der Waals surface area contributed by atoms with Crippen LogP contribution in [0.5, 0.6) is 0 Å². The molecule has 4 rings (SSSR count). The molecule has 0 aliphatic carbocycles. The van der Waals surface area contributed by atoms with Crippen molar-refractivity contribution in [2.24, 2.45) is 0 Å². The predicted molar refractivity (Wildman–Crippen MR) is 80.4 cm³/mol. The maximum Gasteiger partial charge on any atom is 0.119 e. The first-order chi connectivity index (χ1) is 9.42. The van der Waals surface area contributed by atoms with Crippen LogP contribution in [0.15, 0.2) is 54.6 Å². The molecule has 2 aromatic carbocycles. The average Bonchev–Trinajstić information content (AvgIpc) is 2.91. The second-order valence-electron chi connectivity index (χ2n) is 5.11. The highest BCUT2D eigenvalue weighted by Gasteiger charge is 2.25. The van der Waals surface area contributed by atoms with E-state index in [1.165, 1.54) is 22.5 Å². The van der Waals surface area contributed by atoms with Crippen LogP contribution in [0.3, 0.4) is 0 Å². The second kappa shape index (κ2) is 4.16. The van der Waals surface area contributed by atoms with Crippen molar-refractivity contribution >= 4 is 17.5 Å². The minimum absolute atomic E-state index is 0.263. The molecule has 19 heavy (non-hydrogen) atoms. The van der Waals surface area contributed by atoms with E-state index in [9.17, 15) is 0 Å². The van der Waals surface area contributed by atoms with Crippen molar-refractivity contribution in [2.75, 3.05) is 16.8 Å². The Morgan fingerprint density at radius 3 is 2.84 bits per heavy atom. The monoisotopic (exact) mass is 248 g/mol. The summed E-state index contributed by atoms with van der Waals surface area (Å²) in [6.07, 6.45) is 5.88. The average molecular weight is 248 g/mol. The third-order valence-corrected chi connectivity index (χ3v) is 3.98. The molecule has 2 aliphatic heterocycles. The lowest BCUT2D eigenvalue weighted by Crippen LogP contribution is -2.39. The van der Waals surface area contributed by atoms with Gasteiger partial charge in [0.15, 0.2) is 0 Å². The van der Waals surface area contributed by atoms with Gasteiger partial charge in [-0.3, -0.25) is 0 Å². The fraction of sp³-hybridized carbons (Fsp3) is 0.176. The summed E-state index contributed by atoms with van der Waals surface area (Å²) in [5, 5.41) is 3.62. The van der Waals surface area contributed by atoms with E-state index in [4.69, 9.17) is 0 Å². The number of benzene rings is 2. The van der Waals surface area contributed by atoms with Crippen LogP contribution >= 0.6 is 0 Å². The molecule has 2 nitrogen and oxygen atoms in total. The quantitative estimate of drug-likeness (QED) is 0.830. The van der Waals surface area contributed by atoms with Gasteiger partial charge in [-0.1, -0.05) is 42.5 Å². The highest BCUT2D eigenvalue weighted by atomic mass is 15.3. The first-order valence-electron chi connectivity index (χ1n) is 6.80. The van der Waals surface area contributed by atoms with Crippen LogP contribution in [-0.4, -0.2) is 12.7 Å². The van der Waals surface area contributed by atoms with E-state index >= 15 is 0 Å². The van der Waals surface area contributed by atoms with Crippen molar-refractivity contribution < 1.29 is 0 Å². The summed E-state index contributed by atoms with van der Waals surface area (Å²) in [4.78, 5) is 2.45. The fourth-order valence-corrected chi connectivity index (χ4v) is 3.01. The summed E-state index contributed by atoms with van der Waals surface area (Å²) in [6, 6.07) is 17.2. The largest absolute Gasteiger partial charge is 0.361 e. The molecule has 1 unspecified atom stereocenters. The lowest BCUT2D eigenvalue weighted by molar-refractivity contribution is 0.774. The minimum atomic E-state index is 0.263. The summed E-state index contributed by atoms with van der Waals surface area (Å²) in [5.74, 6) is 0. The van der Waals surface area contributed by atoms with Crippen molar-refractivity contribution in [2.45, 2.75) is 12.6 Å². The van der Waals surface area contributed by atoms with Crippen LogP contribution in [0.4, 0.5) is 11.4 Å². The van der Waals surface area contributed by atoms with Gasteiger partial charge >= 0.3 is 0 Å². The summed E-state index contributed by atoms with van der Waals surface area (Å²) >= 11 is 0. The van der Waals surface area contributed by atoms with Crippen LogP contribution in [0, 0.1) is 0 Å². The van der Waals surface area contributed by atoms with Gasteiger partial charge in [-0.2, -0.15) is 0 Å². The summed E-state index contributed by atoms with van der Waals surface area (Å²) < 4.78 is 0. The molecular formula is C17H16N2. The standard InChI is InChI=1S/C17H16N2/c1-3-7-15-13(5-1)9-10-17(18-15)19-12-11-14-6-2-4-8-16(14)19/h1-10,17-18H,11-12H2. The van der Waals surface area contributed by atoms with Gasteiger partial charge in [-0.25, -0.2) is 0 Å². The van der Waals surface area contributed by atoms with Crippen molar-refractivity contribution in [3.8, 4) is 0 Å². The summed E-state index contributed by atoms with van der Waals surface area (Å²) in [6.45, 7) is 1.09. The molecule has 0 amide bonds. The smallest absolute Gasteiger partial charge is 0.119 e. The zero-order valence-electron chi connectivity index (χ0n) is 10.7. The van der Waals surface area contributed by atoms with E-state index in [1.54, 1.807) is 0 Å². The number of nitrogens with one attached hydrogen (secondary N) is 1. The third kappa shape index (κ3) is 1.72. The van der Waals surface area contributed by atoms with Crippen LogP contribution in [0.2, 0.25) is 0 Å². The normalized spacial score (nSPS) is 19.8. The van der Waals surface area contributed by atoms with Crippen LogP contribution in [-0.2, 0) is 6.42 Å². The van der Waals surface area contributed by atoms with Gasteiger partial charge in [0.2, 0.25) is 0 Å². The minimum Gasteiger partial charge on any atom is -0.361 e. The van der Waals surface area contributed by atoms with E-state index < -0.39 is 0 Å². The van der Waals surface area contributed by atoms with E-state index in [1.807, 2.05) is 0 Å². The Kier molecular flexibility index (Phi) is 2.34. The Morgan fingerprint density at radius 2 is 1.84 bits per heavy atom. The third-order valence-electron chi connectivity index (χ3n) is 3.98. The van der Waals surface area contributed by atoms with Gasteiger partial charge < -0.3 is 10.2 Å². The first kappa shape index (κ1) is 10.7. The van der Waals surface area contributed by atoms with E-state index in [2.05, 4.69) is 70.9 Å². The number of rotatable bonds is 1. The van der Waals surface area contributed by atoms with Crippen molar-refractivity contribution in [1.82, 2.24) is 0 Å². The Labute approximate surface area is 113 Å². The van der Waals surface area contributed by atoms with Gasteiger partial charge in [0, 0.05) is 17.9 Å². The number of fused-ring (bicyclic) bond motifs is 2. The summed E-state index contributed by atoms with van der Waals surface area (Å²) in [5.41, 5.74) is 5.31. The van der Waals surface area contributed by atoms with Gasteiger partial charge in [-0.05, 0) is 35.8 Å². The Bertz CT molecular complexity index is 645. The summed E-state index contributed by atoms with van der Waals surface area (Å²) in [7, 11) is 0. The molecule has 0 fully saturated rings. The first-order valence-corrected chi connectivity index (χ1v) is 6.80. The molecule has 2 aliphatic rings. The van der Waals surface area contributed by atoms with Crippen LogP contribution in [0.25, 0.3) is 6.08 Å². The molecule has 0 radical (unpaired) electrons. The van der Waals surface area contributed by atoms with E-state index in [-0.39, 0.29) is 6.17 Å². The number of para-hydroxylation sites is 2. The molecule has 0 bridgehead atoms. The molecule has 0 spiro atoms. The number of anilines is 2. The maximum atomic E-state index is 3.62. The Morgan fingerprint density at radius 1 is 1.00 bits per heavy atom. The number of nitrogens with zero attached hydrogens (tertiary/aromatic N) is 1. The number of hydrogen-bond donors (Lipinski definition) is 1. The van der Waals surface area contributed by atoms with Crippen LogP contribution < -0.4 is 10.2 Å². The van der Waals surface area contributed by atoms with E-state index in [0.29, 0.717) is 0 Å². The molecule has 0 saturated carbocycles. The Hall–Kier alpha value is -2.22. The molecule has 2 aromatic rings. The zero-order chi connectivity index (χ0) is 12.7. The van der Waals surface area contributed by atoms with Gasteiger partial charge in [0.25, 0.3) is 0 Å². The zero-order valence-corrected chi connectivity index (χ0v) is 10.7. The van der Waals surface area contributed by atoms with E-state index in [0.717, 1.165) is 13.0 Å². The van der Waals surface area contributed by atoms with Crippen molar-refractivity contribution in [3.05, 3.63) is 65.7 Å². The van der Waals surface area contributed by atoms with Gasteiger partial charge in [0.1, 0.15) is 6.17 Å². The molecular weight excluding hydrogens is 232 g/mol. The lowest BCUT2D eigenvalue weighted by Gasteiger charge is -2.32. The van der Waals surface area contributed by atoms with Crippen molar-refractivity contribution in [1.29, 1.82) is 0 Å². The molecule has 94 valence electrons. The number of hydrogen-bond acceptors (Lipinski definition) is 2. The predicted octanol–water partition coefficient (Wildman–Crippen LogP) is 3.51. The van der Waals surface area contributed by atoms with Crippen molar-refractivity contribution in [3.63, 3.8) is 0 Å². The highest BCUT2D eigenvalue weighted by Crippen LogP contribution is 2.32. The van der Waals surface area contributed by atoms with Gasteiger partial charge in [0.05, 0.1) is 0 Å². The highest BCUT2D eigenvalue weighted by molar-refractivity contribution is 5.73. The molecule has 0 aromatic heterocycles. The Balaban J connectivity index is 1.67. The molecule has 1 atom stereocenters. The molecule has 2 heteroatoms. The molecule has 2 heterocycles.